The third-order valence-corrected chi connectivity index (χ3v) is 2.24. The Labute approximate surface area is 91.0 Å². The number of carbonyl (C=O) groups excluding carboxylic acids is 1. The molecule has 80 valence electrons. The minimum absolute atomic E-state index is 0.0739. The van der Waals surface area contributed by atoms with Gasteiger partial charge in [0, 0.05) is 12.2 Å². The van der Waals surface area contributed by atoms with Crippen molar-refractivity contribution >= 4 is 5.78 Å². The van der Waals surface area contributed by atoms with Crippen molar-refractivity contribution in [2.24, 2.45) is 0 Å². The highest BCUT2D eigenvalue weighted by molar-refractivity contribution is 5.87. The van der Waals surface area contributed by atoms with Crippen LogP contribution in [0.3, 0.4) is 0 Å². The Balaban J connectivity index is 2.58. The maximum absolute atomic E-state index is 10.8. The van der Waals surface area contributed by atoms with Gasteiger partial charge in [-0.3, -0.25) is 4.79 Å². The Morgan fingerprint density at radius 3 is 2.60 bits per heavy atom. The number of carbonyl (C=O) groups is 1. The van der Waals surface area contributed by atoms with Crippen molar-refractivity contribution in [3.8, 4) is 0 Å². The summed E-state index contributed by atoms with van der Waals surface area (Å²) in [7, 11) is 0. The molecule has 0 saturated heterocycles. The van der Waals surface area contributed by atoms with Crippen LogP contribution in [0.15, 0.2) is 36.0 Å². The molecular weight excluding hydrogens is 186 g/mol. The highest BCUT2D eigenvalue weighted by Crippen LogP contribution is 2.06. The first kappa shape index (κ1) is 11.5. The van der Waals surface area contributed by atoms with Crippen LogP contribution in [0.25, 0.3) is 0 Å². The van der Waals surface area contributed by atoms with E-state index in [-0.39, 0.29) is 5.78 Å². The summed E-state index contributed by atoms with van der Waals surface area (Å²) in [6.45, 7) is 6.31. The standard InChI is InChI=1S/C13H17NO/c1-10-6-4-5-7-13(10)9-14-11(2)8-12(3)15/h4-8,14H,9H2,1-3H3. The van der Waals surface area contributed by atoms with Gasteiger partial charge in [0.2, 0.25) is 0 Å². The number of nitrogens with one attached hydrogen (secondary N) is 1. The lowest BCUT2D eigenvalue weighted by Gasteiger charge is -2.08. The maximum atomic E-state index is 10.8. The van der Waals surface area contributed by atoms with E-state index in [1.165, 1.54) is 11.1 Å². The van der Waals surface area contributed by atoms with Crippen molar-refractivity contribution < 1.29 is 4.79 Å². The van der Waals surface area contributed by atoms with E-state index in [1.807, 2.05) is 19.1 Å². The zero-order valence-corrected chi connectivity index (χ0v) is 9.50. The molecule has 2 nitrogen and oxygen atoms in total. The van der Waals surface area contributed by atoms with E-state index in [9.17, 15) is 4.79 Å². The average molecular weight is 203 g/mol. The molecule has 0 aliphatic carbocycles. The fourth-order valence-electron chi connectivity index (χ4n) is 1.40. The van der Waals surface area contributed by atoms with Gasteiger partial charge in [0.15, 0.2) is 5.78 Å². The smallest absolute Gasteiger partial charge is 0.154 e. The molecule has 0 aromatic heterocycles. The zero-order valence-electron chi connectivity index (χ0n) is 9.50. The van der Waals surface area contributed by atoms with Crippen molar-refractivity contribution in [1.82, 2.24) is 5.32 Å². The number of rotatable bonds is 4. The Kier molecular flexibility index (Phi) is 4.10. The Morgan fingerprint density at radius 2 is 2.00 bits per heavy atom. The first-order chi connectivity index (χ1) is 7.09. The fourth-order valence-corrected chi connectivity index (χ4v) is 1.40. The van der Waals surface area contributed by atoms with Gasteiger partial charge in [0.05, 0.1) is 0 Å². The second-order valence-corrected chi connectivity index (χ2v) is 3.72. The Bertz CT molecular complexity index is 380. The van der Waals surface area contributed by atoms with Gasteiger partial charge in [-0.2, -0.15) is 0 Å². The lowest BCUT2D eigenvalue weighted by atomic mass is 10.1. The summed E-state index contributed by atoms with van der Waals surface area (Å²) in [5.74, 6) is 0.0739. The summed E-state index contributed by atoms with van der Waals surface area (Å²) in [4.78, 5) is 10.8. The van der Waals surface area contributed by atoms with Gasteiger partial charge in [-0.15, -0.1) is 0 Å². The molecule has 0 aliphatic heterocycles. The molecule has 1 rings (SSSR count). The predicted octanol–water partition coefficient (Wildman–Crippen LogP) is 2.58. The maximum Gasteiger partial charge on any atom is 0.154 e. The highest BCUT2D eigenvalue weighted by Gasteiger charge is 1.96. The molecule has 0 radical (unpaired) electrons. The number of benzene rings is 1. The van der Waals surface area contributed by atoms with E-state index in [0.717, 1.165) is 12.2 Å². The van der Waals surface area contributed by atoms with Crippen molar-refractivity contribution in [3.05, 3.63) is 47.2 Å². The van der Waals surface area contributed by atoms with Crippen LogP contribution in [0, 0.1) is 6.92 Å². The minimum atomic E-state index is 0.0739. The van der Waals surface area contributed by atoms with E-state index in [0.29, 0.717) is 0 Å². The van der Waals surface area contributed by atoms with Crippen LogP contribution in [-0.2, 0) is 11.3 Å². The summed E-state index contributed by atoms with van der Waals surface area (Å²) in [5.41, 5.74) is 3.43. The minimum Gasteiger partial charge on any atom is -0.384 e. The van der Waals surface area contributed by atoms with Crippen molar-refractivity contribution in [3.63, 3.8) is 0 Å². The summed E-state index contributed by atoms with van der Waals surface area (Å²) >= 11 is 0. The van der Waals surface area contributed by atoms with Crippen LogP contribution in [0.1, 0.15) is 25.0 Å². The first-order valence-corrected chi connectivity index (χ1v) is 5.07. The first-order valence-electron chi connectivity index (χ1n) is 5.07. The number of hydrogen-bond donors (Lipinski definition) is 1. The van der Waals surface area contributed by atoms with Gasteiger partial charge >= 0.3 is 0 Å². The molecule has 0 amide bonds. The van der Waals surface area contributed by atoms with Gasteiger partial charge < -0.3 is 5.32 Å². The average Bonchev–Trinajstić information content (AvgIpc) is 2.15. The van der Waals surface area contributed by atoms with Gasteiger partial charge in [-0.1, -0.05) is 24.3 Å². The topological polar surface area (TPSA) is 29.1 Å². The lowest BCUT2D eigenvalue weighted by molar-refractivity contribution is -0.112. The van der Waals surface area contributed by atoms with E-state index < -0.39 is 0 Å². The van der Waals surface area contributed by atoms with Crippen LogP contribution in [-0.4, -0.2) is 5.78 Å². The van der Waals surface area contributed by atoms with Gasteiger partial charge in [0.1, 0.15) is 0 Å². The number of ketones is 1. The van der Waals surface area contributed by atoms with Crippen molar-refractivity contribution in [1.29, 1.82) is 0 Å². The molecule has 1 aromatic carbocycles. The van der Waals surface area contributed by atoms with E-state index in [4.69, 9.17) is 0 Å². The summed E-state index contributed by atoms with van der Waals surface area (Å²) < 4.78 is 0. The molecule has 0 fully saturated rings. The summed E-state index contributed by atoms with van der Waals surface area (Å²) in [6.07, 6.45) is 1.61. The molecule has 0 bridgehead atoms. The second-order valence-electron chi connectivity index (χ2n) is 3.72. The SMILES string of the molecule is CC(=O)C=C(C)NCc1ccccc1C. The van der Waals surface area contributed by atoms with Gasteiger partial charge in [-0.25, -0.2) is 0 Å². The van der Waals surface area contributed by atoms with Crippen LogP contribution in [0.4, 0.5) is 0 Å². The molecule has 15 heavy (non-hydrogen) atoms. The second kappa shape index (κ2) is 5.35. The Hall–Kier alpha value is -1.57. The van der Waals surface area contributed by atoms with Gasteiger partial charge in [0.25, 0.3) is 0 Å². The van der Waals surface area contributed by atoms with Crippen molar-refractivity contribution in [2.75, 3.05) is 0 Å². The predicted molar refractivity (Wildman–Crippen MR) is 62.5 cm³/mol. The molecule has 0 atom stereocenters. The molecule has 2 heteroatoms. The Morgan fingerprint density at radius 1 is 1.33 bits per heavy atom. The van der Waals surface area contributed by atoms with Crippen molar-refractivity contribution in [2.45, 2.75) is 27.3 Å². The van der Waals surface area contributed by atoms with E-state index in [1.54, 1.807) is 13.0 Å². The van der Waals surface area contributed by atoms with E-state index >= 15 is 0 Å². The molecule has 0 unspecified atom stereocenters. The highest BCUT2D eigenvalue weighted by atomic mass is 16.1. The van der Waals surface area contributed by atoms with Crippen LogP contribution in [0.5, 0.6) is 0 Å². The molecule has 1 aromatic rings. The molecule has 1 N–H and O–H groups in total. The lowest BCUT2D eigenvalue weighted by Crippen LogP contribution is -2.12. The number of allylic oxidation sites excluding steroid dienone is 2. The monoisotopic (exact) mass is 203 g/mol. The fraction of sp³-hybridized carbons (Fsp3) is 0.308. The third kappa shape index (κ3) is 3.98. The zero-order chi connectivity index (χ0) is 11.3. The molecule has 0 heterocycles. The number of aryl methyl sites for hydroxylation is 1. The van der Waals surface area contributed by atoms with Crippen LogP contribution < -0.4 is 5.32 Å². The molecule has 0 spiro atoms. The third-order valence-electron chi connectivity index (χ3n) is 2.24. The quantitative estimate of drug-likeness (QED) is 0.762. The van der Waals surface area contributed by atoms with Crippen LogP contribution in [0.2, 0.25) is 0 Å². The largest absolute Gasteiger partial charge is 0.384 e. The molecule has 0 aliphatic rings. The van der Waals surface area contributed by atoms with Crippen LogP contribution >= 0.6 is 0 Å². The summed E-state index contributed by atoms with van der Waals surface area (Å²) in [6, 6.07) is 8.22. The molecular formula is C13H17NO. The molecule has 0 saturated carbocycles. The van der Waals surface area contributed by atoms with Gasteiger partial charge in [-0.05, 0) is 38.0 Å². The normalized spacial score (nSPS) is 11.3. The van der Waals surface area contributed by atoms with E-state index in [2.05, 4.69) is 24.4 Å². The summed E-state index contributed by atoms with van der Waals surface area (Å²) in [5, 5.41) is 3.21. The number of hydrogen-bond acceptors (Lipinski definition) is 2.